The Morgan fingerprint density at radius 2 is 1.79 bits per heavy atom. The molecule has 6 heteroatoms. The highest BCUT2D eigenvalue weighted by atomic mass is 35.5. The van der Waals surface area contributed by atoms with E-state index in [0.29, 0.717) is 13.0 Å². The Hall–Kier alpha value is -1.85. The van der Waals surface area contributed by atoms with Crippen molar-refractivity contribution in [2.75, 3.05) is 43.4 Å². The van der Waals surface area contributed by atoms with Gasteiger partial charge in [0, 0.05) is 42.5 Å². The van der Waals surface area contributed by atoms with Crippen molar-refractivity contribution in [2.45, 2.75) is 24.7 Å². The van der Waals surface area contributed by atoms with Crippen molar-refractivity contribution in [3.8, 4) is 5.75 Å². The molecule has 1 fully saturated rings. The molecule has 3 rings (SSSR count). The van der Waals surface area contributed by atoms with Gasteiger partial charge in [-0.2, -0.15) is 0 Å². The Balaban J connectivity index is 1.41. The van der Waals surface area contributed by atoms with Gasteiger partial charge in [-0.3, -0.25) is 4.79 Å². The van der Waals surface area contributed by atoms with Crippen LogP contribution >= 0.6 is 23.4 Å². The summed E-state index contributed by atoms with van der Waals surface area (Å²) in [6.45, 7) is 5.88. The fraction of sp³-hybridized carbons (Fsp3) is 0.409. The number of carbonyl (C=O) groups is 1. The number of nitrogens with zero attached hydrogens (tertiary/aromatic N) is 2. The first kappa shape index (κ1) is 20.9. The molecule has 0 aliphatic carbocycles. The van der Waals surface area contributed by atoms with E-state index < -0.39 is 0 Å². The van der Waals surface area contributed by atoms with E-state index in [4.69, 9.17) is 16.3 Å². The normalized spacial score (nSPS) is 14.2. The number of para-hydroxylation sites is 2. The summed E-state index contributed by atoms with van der Waals surface area (Å²) in [6, 6.07) is 16.0. The van der Waals surface area contributed by atoms with E-state index in [1.165, 1.54) is 4.90 Å². The molecular weight excluding hydrogens is 392 g/mol. The molecule has 4 nitrogen and oxygen atoms in total. The summed E-state index contributed by atoms with van der Waals surface area (Å²) < 4.78 is 5.74. The maximum Gasteiger partial charge on any atom is 0.222 e. The number of hydrogen-bond donors (Lipinski definition) is 0. The molecule has 2 aromatic carbocycles. The second kappa shape index (κ2) is 10.6. The Kier molecular flexibility index (Phi) is 7.92. The molecule has 0 N–H and O–H groups in total. The summed E-state index contributed by atoms with van der Waals surface area (Å²) in [5, 5.41) is 0.752. The van der Waals surface area contributed by atoms with Crippen LogP contribution in [0.5, 0.6) is 5.75 Å². The SMILES string of the molecule is CCOc1ccccc1N1CCN(C(=O)CCCSc2ccc(Cl)cc2)CC1. The van der Waals surface area contributed by atoms with E-state index in [1.54, 1.807) is 11.8 Å². The topological polar surface area (TPSA) is 32.8 Å². The Bertz CT molecular complexity index is 761. The zero-order chi connectivity index (χ0) is 19.8. The highest BCUT2D eigenvalue weighted by molar-refractivity contribution is 7.99. The minimum absolute atomic E-state index is 0.259. The van der Waals surface area contributed by atoms with Crippen LogP contribution in [0.2, 0.25) is 5.02 Å². The van der Waals surface area contributed by atoms with Gasteiger partial charge in [-0.25, -0.2) is 0 Å². The van der Waals surface area contributed by atoms with Crippen molar-refractivity contribution in [1.82, 2.24) is 4.90 Å². The van der Waals surface area contributed by atoms with Crippen LogP contribution in [0.3, 0.4) is 0 Å². The molecular formula is C22H27ClN2O2S. The van der Waals surface area contributed by atoms with Crippen molar-refractivity contribution < 1.29 is 9.53 Å². The molecule has 0 spiro atoms. The van der Waals surface area contributed by atoms with Gasteiger partial charge in [-0.1, -0.05) is 23.7 Å². The van der Waals surface area contributed by atoms with Gasteiger partial charge < -0.3 is 14.5 Å². The molecule has 0 bridgehead atoms. The summed E-state index contributed by atoms with van der Waals surface area (Å²) in [5.41, 5.74) is 1.12. The summed E-state index contributed by atoms with van der Waals surface area (Å²) >= 11 is 7.67. The van der Waals surface area contributed by atoms with Crippen molar-refractivity contribution in [2.24, 2.45) is 0 Å². The Labute approximate surface area is 176 Å². The highest BCUT2D eigenvalue weighted by Gasteiger charge is 2.22. The van der Waals surface area contributed by atoms with Crippen LogP contribution in [0.15, 0.2) is 53.4 Å². The third kappa shape index (κ3) is 5.82. The number of hydrogen-bond acceptors (Lipinski definition) is 4. The maximum atomic E-state index is 12.5. The van der Waals surface area contributed by atoms with Crippen molar-refractivity contribution in [3.05, 3.63) is 53.6 Å². The van der Waals surface area contributed by atoms with Gasteiger partial charge in [0.1, 0.15) is 5.75 Å². The molecule has 1 aliphatic rings. The number of amides is 1. The molecule has 0 atom stereocenters. The van der Waals surface area contributed by atoms with Crippen LogP contribution in [0.25, 0.3) is 0 Å². The summed E-state index contributed by atoms with van der Waals surface area (Å²) in [4.78, 5) is 18.0. The molecule has 1 amide bonds. The number of piperazine rings is 1. The van der Waals surface area contributed by atoms with E-state index in [1.807, 2.05) is 54.3 Å². The summed E-state index contributed by atoms with van der Waals surface area (Å²) in [7, 11) is 0. The largest absolute Gasteiger partial charge is 0.492 e. The second-order valence-electron chi connectivity index (χ2n) is 6.67. The molecule has 0 saturated carbocycles. The molecule has 1 saturated heterocycles. The summed E-state index contributed by atoms with van der Waals surface area (Å²) in [5.74, 6) is 2.12. The van der Waals surface area contributed by atoms with Gasteiger partial charge in [-0.05, 0) is 55.5 Å². The van der Waals surface area contributed by atoms with E-state index >= 15 is 0 Å². The van der Waals surface area contributed by atoms with Crippen molar-refractivity contribution in [3.63, 3.8) is 0 Å². The molecule has 1 heterocycles. The lowest BCUT2D eigenvalue weighted by Gasteiger charge is -2.36. The van der Waals surface area contributed by atoms with Gasteiger partial charge in [-0.15, -0.1) is 11.8 Å². The number of benzene rings is 2. The number of rotatable bonds is 8. The maximum absolute atomic E-state index is 12.5. The second-order valence-corrected chi connectivity index (χ2v) is 8.28. The third-order valence-corrected chi connectivity index (χ3v) is 6.11. The molecule has 0 unspecified atom stereocenters. The van der Waals surface area contributed by atoms with Gasteiger partial charge >= 0.3 is 0 Å². The molecule has 0 aromatic heterocycles. The first-order chi connectivity index (χ1) is 13.7. The van der Waals surface area contributed by atoms with Crippen LogP contribution in [0.4, 0.5) is 5.69 Å². The first-order valence-electron chi connectivity index (χ1n) is 9.80. The number of thioether (sulfide) groups is 1. The molecule has 2 aromatic rings. The van der Waals surface area contributed by atoms with Crippen molar-refractivity contribution >= 4 is 35.0 Å². The Morgan fingerprint density at radius 3 is 2.50 bits per heavy atom. The van der Waals surface area contributed by atoms with Crippen LogP contribution in [0, 0.1) is 0 Å². The van der Waals surface area contributed by atoms with Crippen LogP contribution in [-0.2, 0) is 4.79 Å². The first-order valence-corrected chi connectivity index (χ1v) is 11.2. The summed E-state index contributed by atoms with van der Waals surface area (Å²) in [6.07, 6.45) is 1.50. The molecule has 28 heavy (non-hydrogen) atoms. The molecule has 150 valence electrons. The van der Waals surface area contributed by atoms with Crippen LogP contribution in [0.1, 0.15) is 19.8 Å². The van der Waals surface area contributed by atoms with Crippen LogP contribution < -0.4 is 9.64 Å². The van der Waals surface area contributed by atoms with E-state index in [2.05, 4.69) is 11.0 Å². The number of carbonyl (C=O) groups excluding carboxylic acids is 1. The number of ether oxygens (including phenoxy) is 1. The average Bonchev–Trinajstić information content (AvgIpc) is 2.73. The predicted octanol–water partition coefficient (Wildman–Crippen LogP) is 4.96. The van der Waals surface area contributed by atoms with E-state index in [0.717, 1.165) is 54.8 Å². The standard InChI is InChI=1S/C22H27ClN2O2S/c1-2-27-21-7-4-3-6-20(21)24-13-15-25(16-14-24)22(26)8-5-17-28-19-11-9-18(23)10-12-19/h3-4,6-7,9-12H,2,5,8,13-17H2,1H3. The van der Waals surface area contributed by atoms with Gasteiger partial charge in [0.25, 0.3) is 0 Å². The fourth-order valence-electron chi connectivity index (χ4n) is 3.30. The monoisotopic (exact) mass is 418 g/mol. The zero-order valence-electron chi connectivity index (χ0n) is 16.3. The smallest absolute Gasteiger partial charge is 0.222 e. The van der Waals surface area contributed by atoms with Crippen LogP contribution in [-0.4, -0.2) is 49.3 Å². The zero-order valence-corrected chi connectivity index (χ0v) is 17.8. The van der Waals surface area contributed by atoms with Gasteiger partial charge in [0.05, 0.1) is 12.3 Å². The number of halogens is 1. The predicted molar refractivity (Wildman–Crippen MR) is 118 cm³/mol. The lowest BCUT2D eigenvalue weighted by molar-refractivity contribution is -0.131. The lowest BCUT2D eigenvalue weighted by Crippen LogP contribution is -2.48. The molecule has 1 aliphatic heterocycles. The van der Waals surface area contributed by atoms with Gasteiger partial charge in [0.2, 0.25) is 5.91 Å². The Morgan fingerprint density at radius 1 is 1.07 bits per heavy atom. The fourth-order valence-corrected chi connectivity index (χ4v) is 4.27. The molecule has 0 radical (unpaired) electrons. The quantitative estimate of drug-likeness (QED) is 0.448. The number of anilines is 1. The lowest BCUT2D eigenvalue weighted by atomic mass is 10.2. The van der Waals surface area contributed by atoms with Gasteiger partial charge in [0.15, 0.2) is 0 Å². The minimum atomic E-state index is 0.259. The van der Waals surface area contributed by atoms with E-state index in [-0.39, 0.29) is 5.91 Å². The third-order valence-electron chi connectivity index (χ3n) is 4.76. The van der Waals surface area contributed by atoms with Crippen molar-refractivity contribution in [1.29, 1.82) is 0 Å². The average molecular weight is 419 g/mol. The minimum Gasteiger partial charge on any atom is -0.492 e. The van der Waals surface area contributed by atoms with E-state index in [9.17, 15) is 4.79 Å². The highest BCUT2D eigenvalue weighted by Crippen LogP contribution is 2.29.